The highest BCUT2D eigenvalue weighted by Crippen LogP contribution is 2.23. The fourth-order valence-electron chi connectivity index (χ4n) is 1.55. The molecule has 5 radical (unpaired) electrons. The quantitative estimate of drug-likeness (QED) is 0.832. The molecule has 0 amide bonds. The summed E-state index contributed by atoms with van der Waals surface area (Å²) in [5, 5.41) is 0.598. The molecule has 2 rings (SSSR count). The summed E-state index contributed by atoms with van der Waals surface area (Å²) in [4.78, 5) is 0. The molecule has 0 fully saturated rings. The molecule has 0 saturated carbocycles. The van der Waals surface area contributed by atoms with Gasteiger partial charge in [-0.3, -0.25) is 0 Å². The first-order valence-electron chi connectivity index (χ1n) is 5.35. The van der Waals surface area contributed by atoms with Crippen molar-refractivity contribution in [2.45, 2.75) is 13.2 Å². The standard InChI is InChI=1S/C14H12ClNO.N/c15-13-6-7-14(12(8-13)9-16)17-10-11-4-2-1-3-5-11;/h1-8H,9-10H2;. The Labute approximate surface area is 112 Å². The van der Waals surface area contributed by atoms with E-state index in [0.717, 1.165) is 5.56 Å². The molecule has 0 saturated heterocycles. The maximum absolute atomic E-state index is 9.20. The Bertz CT molecular complexity index is 488. The second kappa shape index (κ2) is 7.01. The van der Waals surface area contributed by atoms with E-state index in [1.807, 2.05) is 30.3 Å². The number of nitrogens with zero attached hydrogens (tertiary/aromatic N) is 2. The van der Waals surface area contributed by atoms with E-state index in [4.69, 9.17) is 16.3 Å². The molecule has 0 bridgehead atoms. The molecule has 0 aliphatic rings. The van der Waals surface area contributed by atoms with Crippen LogP contribution in [0.4, 0.5) is 0 Å². The first-order chi connectivity index (χ1) is 8.29. The van der Waals surface area contributed by atoms with Gasteiger partial charge in [-0.05, 0) is 23.8 Å². The highest BCUT2D eigenvalue weighted by molar-refractivity contribution is 6.30. The van der Waals surface area contributed by atoms with Crippen LogP contribution in [0.1, 0.15) is 11.1 Å². The maximum Gasteiger partial charge on any atom is 0.124 e. The molecule has 3 nitrogen and oxygen atoms in total. The lowest BCUT2D eigenvalue weighted by Gasteiger charge is -2.10. The largest absolute Gasteiger partial charge is 0.489 e. The summed E-state index contributed by atoms with van der Waals surface area (Å²) in [6.07, 6.45) is 0. The second-order valence-corrected chi connectivity index (χ2v) is 4.12. The summed E-state index contributed by atoms with van der Waals surface area (Å²) in [5.41, 5.74) is 11.0. The molecule has 91 valence electrons. The Hall–Kier alpha value is -1.55. The molecule has 0 unspecified atom stereocenters. The zero-order valence-electron chi connectivity index (χ0n) is 9.71. The Morgan fingerprint density at radius 2 is 1.78 bits per heavy atom. The lowest BCUT2D eigenvalue weighted by molar-refractivity contribution is 0.303. The van der Waals surface area contributed by atoms with E-state index in [1.165, 1.54) is 0 Å². The van der Waals surface area contributed by atoms with Crippen molar-refractivity contribution in [3.05, 3.63) is 64.7 Å². The van der Waals surface area contributed by atoms with Crippen LogP contribution in [-0.2, 0) is 13.2 Å². The SMILES string of the molecule is [N].[N]Cc1cc(Cl)ccc1OCc1ccccc1. The van der Waals surface area contributed by atoms with Gasteiger partial charge in [-0.15, -0.1) is 5.73 Å². The average molecular weight is 260 g/mol. The van der Waals surface area contributed by atoms with Crippen LogP contribution < -0.4 is 16.6 Å². The van der Waals surface area contributed by atoms with Crippen LogP contribution in [0.15, 0.2) is 48.5 Å². The van der Waals surface area contributed by atoms with Crippen molar-refractivity contribution in [3.63, 3.8) is 0 Å². The van der Waals surface area contributed by atoms with Crippen LogP contribution in [-0.4, -0.2) is 0 Å². The minimum atomic E-state index is -0.0787. The molecule has 4 heteroatoms. The average Bonchev–Trinajstić information content (AvgIpc) is 2.38. The zero-order chi connectivity index (χ0) is 12.1. The fourth-order valence-corrected chi connectivity index (χ4v) is 1.74. The third-order valence-electron chi connectivity index (χ3n) is 2.43. The molecule has 18 heavy (non-hydrogen) atoms. The number of rotatable bonds is 4. The van der Waals surface area contributed by atoms with Gasteiger partial charge in [0, 0.05) is 16.7 Å². The fraction of sp³-hybridized carbons (Fsp3) is 0.143. The molecular formula is C14H12ClN2O. The van der Waals surface area contributed by atoms with Crippen molar-refractivity contribution in [3.8, 4) is 5.75 Å². The minimum Gasteiger partial charge on any atom is -0.489 e. The molecular weight excluding hydrogens is 248 g/mol. The predicted octanol–water partition coefficient (Wildman–Crippen LogP) is 3.01. The van der Waals surface area contributed by atoms with Crippen LogP contribution in [0.25, 0.3) is 0 Å². The predicted molar refractivity (Wildman–Crippen MR) is 70.2 cm³/mol. The molecule has 2 aromatic carbocycles. The van der Waals surface area contributed by atoms with Crippen molar-refractivity contribution in [1.82, 2.24) is 11.9 Å². The third-order valence-corrected chi connectivity index (χ3v) is 2.67. The van der Waals surface area contributed by atoms with Crippen molar-refractivity contribution in [2.24, 2.45) is 0 Å². The van der Waals surface area contributed by atoms with E-state index < -0.39 is 0 Å². The molecule has 0 heterocycles. The van der Waals surface area contributed by atoms with Crippen LogP contribution in [0.3, 0.4) is 0 Å². The van der Waals surface area contributed by atoms with Gasteiger partial charge in [0.2, 0.25) is 0 Å². The summed E-state index contributed by atoms with van der Waals surface area (Å²) < 4.78 is 5.65. The smallest absolute Gasteiger partial charge is 0.124 e. The van der Waals surface area contributed by atoms with E-state index in [-0.39, 0.29) is 12.7 Å². The maximum atomic E-state index is 9.20. The van der Waals surface area contributed by atoms with E-state index in [0.29, 0.717) is 22.9 Å². The van der Waals surface area contributed by atoms with Gasteiger partial charge >= 0.3 is 0 Å². The summed E-state index contributed by atoms with van der Waals surface area (Å²) in [6, 6.07) is 15.1. The molecule has 0 aromatic heterocycles. The van der Waals surface area contributed by atoms with Crippen LogP contribution in [0.5, 0.6) is 5.75 Å². The van der Waals surface area contributed by atoms with Crippen LogP contribution >= 0.6 is 11.6 Å². The Balaban J connectivity index is 0.00000162. The number of hydrogen-bond donors (Lipinski definition) is 0. The molecule has 0 atom stereocenters. The Morgan fingerprint density at radius 1 is 1.06 bits per heavy atom. The first kappa shape index (κ1) is 14.5. The van der Waals surface area contributed by atoms with Crippen molar-refractivity contribution in [2.75, 3.05) is 0 Å². The third kappa shape index (κ3) is 3.74. The summed E-state index contributed by atoms with van der Waals surface area (Å²) in [6.45, 7) is 0.403. The van der Waals surface area contributed by atoms with Crippen LogP contribution in [0.2, 0.25) is 5.02 Å². The summed E-state index contributed by atoms with van der Waals surface area (Å²) in [7, 11) is 0. The van der Waals surface area contributed by atoms with Crippen molar-refractivity contribution in [1.29, 1.82) is 0 Å². The lowest BCUT2D eigenvalue weighted by atomic mass is 10.2. The highest BCUT2D eigenvalue weighted by atomic mass is 35.5. The van der Waals surface area contributed by atoms with E-state index in [1.54, 1.807) is 18.2 Å². The number of ether oxygens (including phenoxy) is 1. The van der Waals surface area contributed by atoms with Gasteiger partial charge in [-0.1, -0.05) is 41.9 Å². The van der Waals surface area contributed by atoms with Gasteiger partial charge in [-0.25, -0.2) is 0 Å². The minimum absolute atomic E-state index is 0. The highest BCUT2D eigenvalue weighted by Gasteiger charge is 2.04. The van der Waals surface area contributed by atoms with Gasteiger partial charge < -0.3 is 4.74 Å². The normalized spacial score (nSPS) is 9.67. The van der Waals surface area contributed by atoms with E-state index in [9.17, 15) is 5.73 Å². The second-order valence-electron chi connectivity index (χ2n) is 3.68. The van der Waals surface area contributed by atoms with Gasteiger partial charge in [0.25, 0.3) is 0 Å². The van der Waals surface area contributed by atoms with Crippen molar-refractivity contribution < 1.29 is 4.74 Å². The van der Waals surface area contributed by atoms with E-state index in [2.05, 4.69) is 0 Å². The Kier molecular flexibility index (Phi) is 5.65. The summed E-state index contributed by atoms with van der Waals surface area (Å²) in [5.74, 6) is 0.667. The van der Waals surface area contributed by atoms with Gasteiger partial charge in [-0.2, -0.15) is 0 Å². The summed E-state index contributed by atoms with van der Waals surface area (Å²) >= 11 is 5.85. The first-order valence-corrected chi connectivity index (χ1v) is 5.73. The van der Waals surface area contributed by atoms with Gasteiger partial charge in [0.05, 0.1) is 6.54 Å². The zero-order valence-corrected chi connectivity index (χ0v) is 10.5. The monoisotopic (exact) mass is 259 g/mol. The topological polar surface area (TPSA) is 62.0 Å². The van der Waals surface area contributed by atoms with Gasteiger partial charge in [0.1, 0.15) is 12.4 Å². The lowest BCUT2D eigenvalue weighted by Crippen LogP contribution is -1.99. The molecule has 0 N–H and O–H groups in total. The van der Waals surface area contributed by atoms with E-state index >= 15 is 0 Å². The number of halogens is 1. The van der Waals surface area contributed by atoms with Crippen LogP contribution in [0, 0.1) is 0 Å². The molecule has 2 aromatic rings. The Morgan fingerprint density at radius 3 is 2.44 bits per heavy atom. The molecule has 0 spiro atoms. The molecule has 0 aliphatic carbocycles. The van der Waals surface area contributed by atoms with Gasteiger partial charge in [0.15, 0.2) is 0 Å². The number of hydrogen-bond acceptors (Lipinski definition) is 1. The molecule has 0 aliphatic heterocycles. The van der Waals surface area contributed by atoms with Crippen molar-refractivity contribution >= 4 is 11.6 Å². The number of benzene rings is 2.